The van der Waals surface area contributed by atoms with Crippen molar-refractivity contribution in [2.45, 2.75) is 13.5 Å². The molecule has 160 valence electrons. The maximum Gasteiger partial charge on any atom is 0.325 e. The average molecular weight is 415 g/mol. The second kappa shape index (κ2) is 9.84. The van der Waals surface area contributed by atoms with Crippen molar-refractivity contribution in [3.05, 3.63) is 42.0 Å². The van der Waals surface area contributed by atoms with Crippen LogP contribution in [0, 0.1) is 0 Å². The summed E-state index contributed by atoms with van der Waals surface area (Å²) in [7, 11) is 3.37. The zero-order valence-corrected chi connectivity index (χ0v) is 17.2. The van der Waals surface area contributed by atoms with Crippen molar-refractivity contribution < 1.29 is 28.5 Å². The van der Waals surface area contributed by atoms with E-state index in [1.165, 1.54) is 0 Å². The number of carbonyl (C=O) groups excluding carboxylic acids is 2. The number of benzene rings is 2. The minimum absolute atomic E-state index is 0.0457. The number of ether oxygens (including phenoxy) is 4. The van der Waals surface area contributed by atoms with Crippen LogP contribution in [-0.2, 0) is 11.3 Å². The van der Waals surface area contributed by atoms with Crippen molar-refractivity contribution in [3.63, 3.8) is 0 Å². The van der Waals surface area contributed by atoms with Crippen molar-refractivity contribution in [2.24, 2.45) is 0 Å². The lowest BCUT2D eigenvalue weighted by Gasteiger charge is -2.17. The molecule has 9 nitrogen and oxygen atoms in total. The molecule has 0 bridgehead atoms. The van der Waals surface area contributed by atoms with Gasteiger partial charge in [-0.25, -0.2) is 4.79 Å². The number of hydrogen-bond donors (Lipinski definition) is 2. The molecule has 9 heteroatoms. The van der Waals surface area contributed by atoms with Crippen LogP contribution in [0.2, 0.25) is 0 Å². The van der Waals surface area contributed by atoms with E-state index in [0.29, 0.717) is 41.8 Å². The fourth-order valence-electron chi connectivity index (χ4n) is 3.00. The third-order valence-corrected chi connectivity index (χ3v) is 4.28. The van der Waals surface area contributed by atoms with Gasteiger partial charge in [-0.3, -0.25) is 15.0 Å². The predicted molar refractivity (Wildman–Crippen MR) is 110 cm³/mol. The van der Waals surface area contributed by atoms with Crippen LogP contribution in [0.4, 0.5) is 10.5 Å². The first-order valence-electron chi connectivity index (χ1n) is 9.47. The number of anilines is 1. The van der Waals surface area contributed by atoms with Gasteiger partial charge in [0.1, 0.15) is 0 Å². The Morgan fingerprint density at radius 3 is 2.67 bits per heavy atom. The van der Waals surface area contributed by atoms with Gasteiger partial charge >= 0.3 is 6.03 Å². The molecular weight excluding hydrogens is 390 g/mol. The lowest BCUT2D eigenvalue weighted by atomic mass is 10.2. The quantitative estimate of drug-likeness (QED) is 0.684. The molecule has 3 amide bonds. The number of methoxy groups -OCH3 is 1. The van der Waals surface area contributed by atoms with E-state index in [-0.39, 0.29) is 13.3 Å². The van der Waals surface area contributed by atoms with Crippen LogP contribution in [0.5, 0.6) is 23.0 Å². The number of nitrogens with zero attached hydrogens (tertiary/aromatic N) is 1. The van der Waals surface area contributed by atoms with Crippen LogP contribution in [0.25, 0.3) is 0 Å². The Hall–Kier alpha value is -3.46. The van der Waals surface area contributed by atoms with Gasteiger partial charge in [-0.05, 0) is 43.8 Å². The van der Waals surface area contributed by atoms with Gasteiger partial charge in [-0.2, -0.15) is 0 Å². The first kappa shape index (κ1) is 21.3. The molecule has 30 heavy (non-hydrogen) atoms. The van der Waals surface area contributed by atoms with Gasteiger partial charge in [0.2, 0.25) is 12.7 Å². The lowest BCUT2D eigenvalue weighted by molar-refractivity contribution is -0.120. The van der Waals surface area contributed by atoms with Gasteiger partial charge in [0.05, 0.1) is 20.3 Å². The molecule has 0 radical (unpaired) electrons. The molecule has 2 aromatic carbocycles. The van der Waals surface area contributed by atoms with Gasteiger partial charge in [0, 0.05) is 18.3 Å². The van der Waals surface area contributed by atoms with E-state index < -0.39 is 11.9 Å². The second-order valence-corrected chi connectivity index (χ2v) is 6.66. The number of hydrogen-bond acceptors (Lipinski definition) is 7. The molecular formula is C21H25N3O6. The van der Waals surface area contributed by atoms with Gasteiger partial charge in [-0.15, -0.1) is 0 Å². The molecule has 0 spiro atoms. The number of fused-ring (bicyclic) bond motifs is 1. The minimum Gasteiger partial charge on any atom is -0.493 e. The monoisotopic (exact) mass is 415 g/mol. The Balaban J connectivity index is 1.48. The Labute approximate surface area is 174 Å². The number of amides is 3. The maximum absolute atomic E-state index is 12.2. The third-order valence-electron chi connectivity index (χ3n) is 4.28. The first-order chi connectivity index (χ1) is 14.5. The summed E-state index contributed by atoms with van der Waals surface area (Å²) in [5.41, 5.74) is 1.45. The van der Waals surface area contributed by atoms with Crippen LogP contribution < -0.4 is 29.6 Å². The number of nitrogens with one attached hydrogen (secondary N) is 2. The number of rotatable bonds is 8. The van der Waals surface area contributed by atoms with Crippen molar-refractivity contribution in [1.29, 1.82) is 0 Å². The molecule has 1 aliphatic heterocycles. The van der Waals surface area contributed by atoms with E-state index >= 15 is 0 Å². The molecule has 0 saturated carbocycles. The molecule has 1 heterocycles. The number of carbonyl (C=O) groups is 2. The summed E-state index contributed by atoms with van der Waals surface area (Å²) in [6.07, 6.45) is 0. The standard InChI is InChI=1S/C21H25N3O6/c1-4-28-16-7-5-14(9-18(16)27-3)11-24(2)12-20(25)23-21(26)22-15-6-8-17-19(10-15)30-13-29-17/h5-10H,4,11-13H2,1-3H3,(H2,22,23,25,26). The molecule has 0 aliphatic carbocycles. The molecule has 3 rings (SSSR count). The maximum atomic E-state index is 12.2. The topological polar surface area (TPSA) is 98.4 Å². The Kier molecular flexibility index (Phi) is 6.97. The largest absolute Gasteiger partial charge is 0.493 e. The third kappa shape index (κ3) is 5.54. The Bertz CT molecular complexity index is 918. The van der Waals surface area contributed by atoms with E-state index in [0.717, 1.165) is 5.56 Å². The highest BCUT2D eigenvalue weighted by atomic mass is 16.7. The summed E-state index contributed by atoms with van der Waals surface area (Å²) < 4.78 is 21.3. The van der Waals surface area contributed by atoms with Crippen LogP contribution in [0.15, 0.2) is 36.4 Å². The Morgan fingerprint density at radius 1 is 1.10 bits per heavy atom. The fraction of sp³-hybridized carbons (Fsp3) is 0.333. The smallest absolute Gasteiger partial charge is 0.325 e. The zero-order chi connectivity index (χ0) is 21.5. The molecule has 0 aromatic heterocycles. The summed E-state index contributed by atoms with van der Waals surface area (Å²) in [6, 6.07) is 10.00. The highest BCUT2D eigenvalue weighted by Crippen LogP contribution is 2.34. The van der Waals surface area contributed by atoms with Crippen LogP contribution in [0.3, 0.4) is 0 Å². The average Bonchev–Trinajstić information content (AvgIpc) is 3.16. The van der Waals surface area contributed by atoms with Crippen molar-refractivity contribution in [2.75, 3.05) is 39.4 Å². The number of imide groups is 1. The molecule has 0 atom stereocenters. The second-order valence-electron chi connectivity index (χ2n) is 6.66. The number of urea groups is 1. The van der Waals surface area contributed by atoms with Crippen LogP contribution in [-0.4, -0.2) is 50.9 Å². The van der Waals surface area contributed by atoms with Crippen LogP contribution in [0.1, 0.15) is 12.5 Å². The van der Waals surface area contributed by atoms with E-state index in [2.05, 4.69) is 10.6 Å². The van der Waals surface area contributed by atoms with Gasteiger partial charge in [0.15, 0.2) is 23.0 Å². The van der Waals surface area contributed by atoms with Gasteiger partial charge < -0.3 is 24.3 Å². The molecule has 0 fully saturated rings. The van der Waals surface area contributed by atoms with Crippen molar-refractivity contribution in [3.8, 4) is 23.0 Å². The summed E-state index contributed by atoms with van der Waals surface area (Å²) in [5.74, 6) is 2.04. The van der Waals surface area contributed by atoms with E-state index in [4.69, 9.17) is 18.9 Å². The summed E-state index contributed by atoms with van der Waals surface area (Å²) >= 11 is 0. The molecule has 0 saturated heterocycles. The predicted octanol–water partition coefficient (Wildman–Crippen LogP) is 2.60. The van der Waals surface area contributed by atoms with Crippen molar-refractivity contribution >= 4 is 17.6 Å². The zero-order valence-electron chi connectivity index (χ0n) is 17.2. The molecule has 2 aromatic rings. The first-order valence-corrected chi connectivity index (χ1v) is 9.47. The molecule has 0 unspecified atom stereocenters. The SMILES string of the molecule is CCOc1ccc(CN(C)CC(=O)NC(=O)Nc2ccc3c(c2)OCO3)cc1OC. The highest BCUT2D eigenvalue weighted by molar-refractivity contribution is 6.01. The molecule has 1 aliphatic rings. The van der Waals surface area contributed by atoms with Crippen molar-refractivity contribution in [1.82, 2.24) is 10.2 Å². The highest BCUT2D eigenvalue weighted by Gasteiger charge is 2.16. The van der Waals surface area contributed by atoms with Gasteiger partial charge in [-0.1, -0.05) is 6.07 Å². The van der Waals surface area contributed by atoms with E-state index in [9.17, 15) is 9.59 Å². The minimum atomic E-state index is -0.616. The van der Waals surface area contributed by atoms with E-state index in [1.807, 2.05) is 25.1 Å². The summed E-state index contributed by atoms with van der Waals surface area (Å²) in [6.45, 7) is 3.15. The lowest BCUT2D eigenvalue weighted by Crippen LogP contribution is -2.40. The molecule has 2 N–H and O–H groups in total. The van der Waals surface area contributed by atoms with E-state index in [1.54, 1.807) is 37.3 Å². The summed E-state index contributed by atoms with van der Waals surface area (Å²) in [5, 5.41) is 4.92. The summed E-state index contributed by atoms with van der Waals surface area (Å²) in [4.78, 5) is 26.1. The Morgan fingerprint density at radius 2 is 1.90 bits per heavy atom. The van der Waals surface area contributed by atoms with Gasteiger partial charge in [0.25, 0.3) is 0 Å². The fourth-order valence-corrected chi connectivity index (χ4v) is 3.00. The number of likely N-dealkylation sites (N-methyl/N-ethyl adjacent to an activating group) is 1. The normalized spacial score (nSPS) is 11.9. The van der Waals surface area contributed by atoms with Crippen LogP contribution >= 0.6 is 0 Å².